The van der Waals surface area contributed by atoms with Crippen LogP contribution in [0.5, 0.6) is 0 Å². The van der Waals surface area contributed by atoms with Gasteiger partial charge in [0.2, 0.25) is 0 Å². The number of rotatable bonds is 2. The van der Waals surface area contributed by atoms with Crippen LogP contribution in [0.25, 0.3) is 16.9 Å². The lowest BCUT2D eigenvalue weighted by Gasteiger charge is -2.01. The van der Waals surface area contributed by atoms with Crippen LogP contribution in [0.4, 0.5) is 0 Å². The zero-order valence-corrected chi connectivity index (χ0v) is 12.3. The van der Waals surface area contributed by atoms with Gasteiger partial charge in [-0.05, 0) is 37.3 Å². The number of halogens is 1. The molecule has 0 atom stereocenters. The van der Waals surface area contributed by atoms with E-state index in [2.05, 4.69) is 26.1 Å². The van der Waals surface area contributed by atoms with Crippen LogP contribution in [0.15, 0.2) is 47.2 Å². The summed E-state index contributed by atoms with van der Waals surface area (Å²) in [5, 5.41) is 8.85. The Kier molecular flexibility index (Phi) is 2.98. The van der Waals surface area contributed by atoms with Crippen molar-refractivity contribution < 1.29 is 0 Å². The number of hydrogen-bond acceptors (Lipinski definition) is 2. The van der Waals surface area contributed by atoms with Gasteiger partial charge in [0.15, 0.2) is 0 Å². The molecule has 19 heavy (non-hydrogen) atoms. The molecule has 0 aliphatic carbocycles. The molecule has 2 heterocycles. The van der Waals surface area contributed by atoms with Gasteiger partial charge in [-0.25, -0.2) is 4.68 Å². The largest absolute Gasteiger partial charge is 0.272 e. The topological polar surface area (TPSA) is 35.6 Å². The smallest absolute Gasteiger partial charge is 0.0961 e. The van der Waals surface area contributed by atoms with Crippen molar-refractivity contribution in [1.29, 1.82) is 0 Å². The van der Waals surface area contributed by atoms with Crippen molar-refractivity contribution >= 4 is 15.9 Å². The summed E-state index contributed by atoms with van der Waals surface area (Å²) in [6, 6.07) is 10.1. The number of aryl methyl sites for hydroxylation is 1. The van der Waals surface area contributed by atoms with Crippen molar-refractivity contribution in [3.63, 3.8) is 0 Å². The Balaban J connectivity index is 2.00. The molecule has 5 heteroatoms. The minimum absolute atomic E-state index is 0.938. The van der Waals surface area contributed by atoms with Gasteiger partial charge in [0.1, 0.15) is 0 Å². The van der Waals surface area contributed by atoms with E-state index in [1.54, 1.807) is 0 Å². The van der Waals surface area contributed by atoms with Gasteiger partial charge in [0.25, 0.3) is 0 Å². The number of hydrogen-bond donors (Lipinski definition) is 0. The highest BCUT2D eigenvalue weighted by Gasteiger charge is 2.09. The summed E-state index contributed by atoms with van der Waals surface area (Å²) in [5.74, 6) is 0. The van der Waals surface area contributed by atoms with Crippen LogP contribution in [-0.2, 0) is 7.05 Å². The fraction of sp³-hybridized carbons (Fsp3) is 0.143. The van der Waals surface area contributed by atoms with Crippen LogP contribution >= 0.6 is 15.9 Å². The minimum atomic E-state index is 0.938. The van der Waals surface area contributed by atoms with Crippen molar-refractivity contribution in [2.75, 3.05) is 0 Å². The second-order valence-electron chi connectivity index (χ2n) is 4.39. The molecular formula is C14H13BrN4. The van der Waals surface area contributed by atoms with E-state index in [0.717, 1.165) is 27.1 Å². The van der Waals surface area contributed by atoms with E-state index < -0.39 is 0 Å². The molecule has 0 unspecified atom stereocenters. The third-order valence-electron chi connectivity index (χ3n) is 3.19. The fourth-order valence-corrected chi connectivity index (χ4v) is 2.22. The number of aromatic nitrogens is 4. The maximum absolute atomic E-state index is 4.60. The first-order valence-corrected chi connectivity index (χ1v) is 6.75. The van der Waals surface area contributed by atoms with Crippen LogP contribution in [0.1, 0.15) is 5.69 Å². The summed E-state index contributed by atoms with van der Waals surface area (Å²) in [4.78, 5) is 0. The zero-order chi connectivity index (χ0) is 13.4. The molecule has 0 bridgehead atoms. The van der Waals surface area contributed by atoms with E-state index in [4.69, 9.17) is 0 Å². The molecule has 0 N–H and O–H groups in total. The summed E-state index contributed by atoms with van der Waals surface area (Å²) in [7, 11) is 1.94. The molecule has 3 aromatic rings. The van der Waals surface area contributed by atoms with Gasteiger partial charge in [-0.3, -0.25) is 4.68 Å². The molecular weight excluding hydrogens is 304 g/mol. The molecule has 3 rings (SSSR count). The van der Waals surface area contributed by atoms with Crippen molar-refractivity contribution in [3.05, 3.63) is 52.9 Å². The van der Waals surface area contributed by atoms with E-state index in [0.29, 0.717) is 0 Å². The Labute approximate surface area is 119 Å². The van der Waals surface area contributed by atoms with Crippen molar-refractivity contribution in [2.24, 2.45) is 7.05 Å². The van der Waals surface area contributed by atoms with E-state index in [1.807, 2.05) is 66.1 Å². The highest BCUT2D eigenvalue weighted by molar-refractivity contribution is 9.10. The predicted molar refractivity (Wildman–Crippen MR) is 78.2 cm³/mol. The SMILES string of the molecule is Cc1c(-c2ccn(-c3ccc(Br)cc3)n2)cnn1C. The van der Waals surface area contributed by atoms with Gasteiger partial charge in [0.05, 0.1) is 17.6 Å². The van der Waals surface area contributed by atoms with Crippen molar-refractivity contribution in [3.8, 4) is 16.9 Å². The zero-order valence-electron chi connectivity index (χ0n) is 10.7. The first-order chi connectivity index (χ1) is 9.15. The first kappa shape index (κ1) is 12.2. The highest BCUT2D eigenvalue weighted by Crippen LogP contribution is 2.22. The van der Waals surface area contributed by atoms with Gasteiger partial charge < -0.3 is 0 Å². The van der Waals surface area contributed by atoms with Gasteiger partial charge in [-0.2, -0.15) is 10.2 Å². The Morgan fingerprint density at radius 3 is 2.47 bits per heavy atom. The molecule has 0 spiro atoms. The van der Waals surface area contributed by atoms with Crippen LogP contribution < -0.4 is 0 Å². The third-order valence-corrected chi connectivity index (χ3v) is 3.72. The summed E-state index contributed by atoms with van der Waals surface area (Å²) in [5.41, 5.74) is 4.16. The highest BCUT2D eigenvalue weighted by atomic mass is 79.9. The van der Waals surface area contributed by atoms with Gasteiger partial charge >= 0.3 is 0 Å². The molecule has 0 aliphatic heterocycles. The summed E-state index contributed by atoms with van der Waals surface area (Å²) in [6.07, 6.45) is 3.81. The molecule has 96 valence electrons. The lowest BCUT2D eigenvalue weighted by Crippen LogP contribution is -1.95. The molecule has 0 saturated carbocycles. The number of benzene rings is 1. The maximum atomic E-state index is 4.60. The van der Waals surface area contributed by atoms with E-state index in [-0.39, 0.29) is 0 Å². The monoisotopic (exact) mass is 316 g/mol. The standard InChI is InChI=1S/C14H13BrN4/c1-10-13(9-16-18(10)2)14-7-8-19(17-14)12-5-3-11(15)4-6-12/h3-9H,1-2H3. The molecule has 4 nitrogen and oxygen atoms in total. The van der Waals surface area contributed by atoms with Crippen LogP contribution in [0, 0.1) is 6.92 Å². The van der Waals surface area contributed by atoms with Gasteiger partial charge in [-0.1, -0.05) is 15.9 Å². The molecule has 1 aromatic carbocycles. The Morgan fingerprint density at radius 2 is 1.84 bits per heavy atom. The quantitative estimate of drug-likeness (QED) is 0.727. The lowest BCUT2D eigenvalue weighted by molar-refractivity contribution is 0.740. The second-order valence-corrected chi connectivity index (χ2v) is 5.30. The normalized spacial score (nSPS) is 10.9. The van der Waals surface area contributed by atoms with Crippen molar-refractivity contribution in [2.45, 2.75) is 6.92 Å². The summed E-state index contributed by atoms with van der Waals surface area (Å²) >= 11 is 3.43. The second kappa shape index (κ2) is 4.66. The lowest BCUT2D eigenvalue weighted by atomic mass is 10.2. The molecule has 2 aromatic heterocycles. The first-order valence-electron chi connectivity index (χ1n) is 5.96. The maximum Gasteiger partial charge on any atom is 0.0961 e. The average molecular weight is 317 g/mol. The summed E-state index contributed by atoms with van der Waals surface area (Å²) in [6.45, 7) is 2.04. The van der Waals surface area contributed by atoms with Crippen molar-refractivity contribution in [1.82, 2.24) is 19.6 Å². The van der Waals surface area contributed by atoms with Crippen LogP contribution in [-0.4, -0.2) is 19.6 Å². The number of nitrogens with zero attached hydrogens (tertiary/aromatic N) is 4. The molecule has 0 amide bonds. The van der Waals surface area contributed by atoms with Gasteiger partial charge in [-0.15, -0.1) is 0 Å². The van der Waals surface area contributed by atoms with E-state index in [1.165, 1.54) is 0 Å². The fourth-order valence-electron chi connectivity index (χ4n) is 1.96. The van der Waals surface area contributed by atoms with E-state index >= 15 is 0 Å². The molecule has 0 radical (unpaired) electrons. The Bertz CT molecular complexity index is 709. The third kappa shape index (κ3) is 2.21. The average Bonchev–Trinajstić information content (AvgIpc) is 2.99. The molecule has 0 saturated heterocycles. The molecule has 0 aliphatic rings. The summed E-state index contributed by atoms with van der Waals surface area (Å²) < 4.78 is 4.79. The minimum Gasteiger partial charge on any atom is -0.272 e. The predicted octanol–water partition coefficient (Wildman–Crippen LogP) is 3.34. The Hall–Kier alpha value is -1.88. The Morgan fingerprint density at radius 1 is 1.11 bits per heavy atom. The van der Waals surface area contributed by atoms with Crippen LogP contribution in [0.3, 0.4) is 0 Å². The van der Waals surface area contributed by atoms with Crippen LogP contribution in [0.2, 0.25) is 0 Å². The molecule has 0 fully saturated rings. The van der Waals surface area contributed by atoms with E-state index in [9.17, 15) is 0 Å². The van der Waals surface area contributed by atoms with Gasteiger partial charge in [0, 0.05) is 29.0 Å².